The summed E-state index contributed by atoms with van der Waals surface area (Å²) in [4.78, 5) is 13.5. The number of aliphatic hydroxyl groups is 11. The second-order valence-corrected chi connectivity index (χ2v) is 29.2. The summed E-state index contributed by atoms with van der Waals surface area (Å²) in [5.41, 5.74) is 0. The molecule has 3 rings (SSSR count). The molecule has 98 heavy (non-hydrogen) atoms. The first-order valence-electron chi connectivity index (χ1n) is 40.6. The van der Waals surface area contributed by atoms with Crippen molar-refractivity contribution >= 4 is 5.91 Å². The first-order chi connectivity index (χ1) is 47.8. The Balaban J connectivity index is 1.34. The molecule has 0 aliphatic carbocycles. The Morgan fingerprint density at radius 2 is 0.653 bits per heavy atom. The number of aliphatic hydroxyl groups excluding tert-OH is 11. The van der Waals surface area contributed by atoms with Gasteiger partial charge in [-0.2, -0.15) is 0 Å². The van der Waals surface area contributed by atoms with Crippen LogP contribution in [0.4, 0.5) is 0 Å². The number of carbonyl (C=O) groups is 1. The molecular formula is C79H149NO18. The third-order valence-electron chi connectivity index (χ3n) is 20.5. The van der Waals surface area contributed by atoms with Crippen molar-refractivity contribution in [1.82, 2.24) is 5.32 Å². The lowest BCUT2D eigenvalue weighted by Crippen LogP contribution is -2.66. The number of ether oxygens (including phenoxy) is 6. The smallest absolute Gasteiger partial charge is 0.220 e. The predicted octanol–water partition coefficient (Wildman–Crippen LogP) is 13.3. The molecule has 0 bridgehead atoms. The van der Waals surface area contributed by atoms with E-state index < -0.39 is 124 Å². The zero-order valence-corrected chi connectivity index (χ0v) is 61.8. The topological polar surface area (TPSA) is 307 Å². The Morgan fingerprint density at radius 1 is 0.357 bits per heavy atom. The molecule has 12 N–H and O–H groups in total. The molecule has 3 heterocycles. The first-order valence-corrected chi connectivity index (χ1v) is 40.6. The van der Waals surface area contributed by atoms with Crippen molar-refractivity contribution in [3.05, 3.63) is 24.3 Å². The van der Waals surface area contributed by atoms with Gasteiger partial charge in [-0.1, -0.05) is 327 Å². The van der Waals surface area contributed by atoms with E-state index in [-0.39, 0.29) is 18.9 Å². The van der Waals surface area contributed by atoms with E-state index in [1.807, 2.05) is 6.08 Å². The van der Waals surface area contributed by atoms with Crippen LogP contribution < -0.4 is 5.32 Å². The molecule has 0 aromatic carbocycles. The largest absolute Gasteiger partial charge is 0.394 e. The summed E-state index contributed by atoms with van der Waals surface area (Å²) in [7, 11) is 0. The average molecular weight is 1400 g/mol. The predicted molar refractivity (Wildman–Crippen MR) is 388 cm³/mol. The highest BCUT2D eigenvalue weighted by Gasteiger charge is 2.54. The maximum atomic E-state index is 13.5. The molecule has 3 saturated heterocycles. The van der Waals surface area contributed by atoms with Gasteiger partial charge < -0.3 is 89.9 Å². The summed E-state index contributed by atoms with van der Waals surface area (Å²) in [6.45, 7) is 1.77. The SMILES string of the molecule is CCCCCCCCCCCCCCC/C=C/CC/C=C/C(O)C(COC1OC(CO)C(OC2OC(CO)C(OC3OC(CO)C(O)C(O)C3O)C(O)C2O)C(O)C1O)NC(=O)CCCCCCCCCCCCCCCCCCCCCCCCCCCCCCCCCCCC. The van der Waals surface area contributed by atoms with Gasteiger partial charge in [-0.05, 0) is 32.1 Å². The van der Waals surface area contributed by atoms with Crippen LogP contribution >= 0.6 is 0 Å². The molecule has 0 spiro atoms. The highest BCUT2D eigenvalue weighted by atomic mass is 16.8. The van der Waals surface area contributed by atoms with Gasteiger partial charge in [0.05, 0.1) is 38.6 Å². The summed E-state index contributed by atoms with van der Waals surface area (Å²) >= 11 is 0. The molecule has 3 fully saturated rings. The van der Waals surface area contributed by atoms with E-state index in [0.29, 0.717) is 12.8 Å². The number of carbonyl (C=O) groups excluding carboxylic acids is 1. The molecule has 578 valence electrons. The molecule has 1 amide bonds. The first kappa shape index (κ1) is 90.5. The molecule has 0 saturated carbocycles. The normalized spacial score (nSPS) is 26.8. The summed E-state index contributed by atoms with van der Waals surface area (Å²) in [6, 6.07) is -0.988. The van der Waals surface area contributed by atoms with Gasteiger partial charge in [0.2, 0.25) is 5.91 Å². The Labute approximate surface area is 594 Å². The Morgan fingerprint density at radius 3 is 1.02 bits per heavy atom. The Bertz CT molecular complexity index is 1870. The molecule has 17 atom stereocenters. The van der Waals surface area contributed by atoms with Crippen LogP contribution in [-0.2, 0) is 33.2 Å². The van der Waals surface area contributed by atoms with Crippen LogP contribution in [0.1, 0.15) is 341 Å². The lowest BCUT2D eigenvalue weighted by atomic mass is 9.96. The summed E-state index contributed by atoms with van der Waals surface area (Å²) < 4.78 is 34.4. The molecule has 3 aliphatic rings. The number of unbranched alkanes of at least 4 members (excludes halogenated alkanes) is 47. The zero-order valence-electron chi connectivity index (χ0n) is 61.8. The number of nitrogens with one attached hydrogen (secondary N) is 1. The molecular weight excluding hydrogens is 1250 g/mol. The van der Waals surface area contributed by atoms with Gasteiger partial charge in [0.1, 0.15) is 73.2 Å². The number of hydrogen-bond acceptors (Lipinski definition) is 18. The van der Waals surface area contributed by atoms with Crippen molar-refractivity contribution in [1.29, 1.82) is 0 Å². The fraction of sp³-hybridized carbons (Fsp3) is 0.937. The monoisotopic (exact) mass is 1400 g/mol. The number of hydrogen-bond donors (Lipinski definition) is 12. The maximum Gasteiger partial charge on any atom is 0.220 e. The van der Waals surface area contributed by atoms with E-state index in [9.17, 15) is 61.0 Å². The van der Waals surface area contributed by atoms with Gasteiger partial charge in [-0.25, -0.2) is 0 Å². The fourth-order valence-corrected chi connectivity index (χ4v) is 14.0. The van der Waals surface area contributed by atoms with Crippen molar-refractivity contribution in [3.63, 3.8) is 0 Å². The van der Waals surface area contributed by atoms with Crippen molar-refractivity contribution in [2.24, 2.45) is 0 Å². The van der Waals surface area contributed by atoms with E-state index in [1.165, 1.54) is 270 Å². The Kier molecular flexibility index (Phi) is 55.9. The molecule has 0 radical (unpaired) electrons. The number of rotatable bonds is 65. The second-order valence-electron chi connectivity index (χ2n) is 29.2. The molecule has 3 aliphatic heterocycles. The van der Waals surface area contributed by atoms with E-state index in [2.05, 4.69) is 31.3 Å². The van der Waals surface area contributed by atoms with Crippen molar-refractivity contribution in [2.45, 2.75) is 446 Å². The van der Waals surface area contributed by atoms with Crippen LogP contribution in [0.2, 0.25) is 0 Å². The van der Waals surface area contributed by atoms with Gasteiger partial charge >= 0.3 is 0 Å². The summed E-state index contributed by atoms with van der Waals surface area (Å²) in [6.07, 6.45) is 46.2. The minimum absolute atomic E-state index is 0.241. The van der Waals surface area contributed by atoms with Crippen molar-refractivity contribution in [3.8, 4) is 0 Å². The van der Waals surface area contributed by atoms with E-state index >= 15 is 0 Å². The van der Waals surface area contributed by atoms with Gasteiger partial charge in [0.15, 0.2) is 18.9 Å². The van der Waals surface area contributed by atoms with Crippen molar-refractivity contribution < 1.29 is 89.4 Å². The van der Waals surface area contributed by atoms with Crippen LogP contribution in [0.3, 0.4) is 0 Å². The van der Waals surface area contributed by atoms with Crippen molar-refractivity contribution in [2.75, 3.05) is 26.4 Å². The van der Waals surface area contributed by atoms with Gasteiger partial charge in [-0.3, -0.25) is 4.79 Å². The van der Waals surface area contributed by atoms with Crippen LogP contribution in [0.5, 0.6) is 0 Å². The van der Waals surface area contributed by atoms with Crippen LogP contribution in [0.25, 0.3) is 0 Å². The average Bonchev–Trinajstić information content (AvgIpc) is 0.784. The fourth-order valence-electron chi connectivity index (χ4n) is 14.0. The van der Waals surface area contributed by atoms with Gasteiger partial charge in [0.25, 0.3) is 0 Å². The molecule has 0 aromatic heterocycles. The molecule has 19 nitrogen and oxygen atoms in total. The van der Waals surface area contributed by atoms with E-state index in [4.69, 9.17) is 28.4 Å². The lowest BCUT2D eigenvalue weighted by Gasteiger charge is -2.48. The third kappa shape index (κ3) is 40.5. The quantitative estimate of drug-likeness (QED) is 0.0199. The zero-order chi connectivity index (χ0) is 71.1. The maximum absolute atomic E-state index is 13.5. The second kappa shape index (κ2) is 60.5. The Hall–Kier alpha value is -1.73. The van der Waals surface area contributed by atoms with Gasteiger partial charge in [0, 0.05) is 6.42 Å². The highest BCUT2D eigenvalue weighted by molar-refractivity contribution is 5.76. The third-order valence-corrected chi connectivity index (χ3v) is 20.5. The van der Waals surface area contributed by atoms with Crippen LogP contribution in [0, 0.1) is 0 Å². The molecule has 19 heteroatoms. The standard InChI is InChI=1S/C79H149NO18/c1-3-5-7-9-11-13-15-17-19-21-23-24-25-26-27-28-29-30-31-32-33-34-35-36-37-39-41-43-45-47-49-51-53-55-57-67(85)80-62(63(84)56-54-52-50-48-46-44-42-40-38-22-20-18-16-14-12-10-8-6-4-2)61-93-77-73(91)70(88)75(65(59-82)95-77)98-79-74(92)71(89)76(66(60-83)96-79)97-78-72(90)69(87)68(86)64(58-81)94-78/h46,48,54,56,62-66,68-79,81-84,86-92H,3-45,47,49-53,55,57-61H2,1-2H3,(H,80,85)/b48-46+,56-54+. The van der Waals surface area contributed by atoms with Gasteiger partial charge in [-0.15, -0.1) is 0 Å². The number of amides is 1. The van der Waals surface area contributed by atoms with E-state index in [0.717, 1.165) is 38.5 Å². The molecule has 17 unspecified atom stereocenters. The number of allylic oxidation sites excluding steroid dienone is 3. The lowest BCUT2D eigenvalue weighted by molar-refractivity contribution is -0.379. The van der Waals surface area contributed by atoms with Crippen LogP contribution in [-0.4, -0.2) is 193 Å². The minimum Gasteiger partial charge on any atom is -0.394 e. The summed E-state index contributed by atoms with van der Waals surface area (Å²) in [5.74, 6) is -0.278. The van der Waals surface area contributed by atoms with Crippen LogP contribution in [0.15, 0.2) is 24.3 Å². The molecule has 0 aromatic rings. The summed E-state index contributed by atoms with van der Waals surface area (Å²) in [5, 5.41) is 121. The van der Waals surface area contributed by atoms with E-state index in [1.54, 1.807) is 6.08 Å². The minimum atomic E-state index is -1.98. The highest BCUT2D eigenvalue weighted by Crippen LogP contribution is 2.33.